The van der Waals surface area contributed by atoms with Crippen molar-refractivity contribution in [1.29, 1.82) is 0 Å². The minimum atomic E-state index is -2.50. The van der Waals surface area contributed by atoms with E-state index >= 15 is 0 Å². The lowest BCUT2D eigenvalue weighted by atomic mass is 10.3. The Morgan fingerprint density at radius 1 is 1.12 bits per heavy atom. The summed E-state index contributed by atoms with van der Waals surface area (Å²) >= 11 is 0. The molecule has 0 rings (SSSR count). The molecule has 16 heavy (non-hydrogen) atoms. The highest BCUT2D eigenvalue weighted by atomic mass is 28.4. The van der Waals surface area contributed by atoms with Crippen LogP contribution in [0.1, 0.15) is 26.2 Å². The standard InChI is InChI=1S/C10H22O5Si/c1-5-7-10(11)15-8-6-9-16(12-2,13-3)14-4/h5-9H2,1-4H3. The Labute approximate surface area is 98.4 Å². The van der Waals surface area contributed by atoms with Crippen LogP contribution >= 0.6 is 0 Å². The second-order valence-electron chi connectivity index (χ2n) is 3.37. The minimum absolute atomic E-state index is 0.151. The fraction of sp³-hybridized carbons (Fsp3) is 0.900. The third-order valence-electron chi connectivity index (χ3n) is 2.28. The molecule has 0 N–H and O–H groups in total. The molecule has 0 bridgehead atoms. The van der Waals surface area contributed by atoms with E-state index in [-0.39, 0.29) is 5.97 Å². The van der Waals surface area contributed by atoms with Crippen molar-refractivity contribution >= 4 is 14.8 Å². The van der Waals surface area contributed by atoms with Crippen molar-refractivity contribution in [2.24, 2.45) is 0 Å². The van der Waals surface area contributed by atoms with Gasteiger partial charge in [-0.15, -0.1) is 0 Å². The van der Waals surface area contributed by atoms with Gasteiger partial charge in [0.2, 0.25) is 0 Å². The summed E-state index contributed by atoms with van der Waals surface area (Å²) in [7, 11) is 2.22. The Morgan fingerprint density at radius 2 is 1.69 bits per heavy atom. The average Bonchev–Trinajstić information content (AvgIpc) is 2.31. The molecule has 0 unspecified atom stereocenters. The quantitative estimate of drug-likeness (QED) is 0.353. The van der Waals surface area contributed by atoms with E-state index in [9.17, 15) is 4.79 Å². The van der Waals surface area contributed by atoms with Gasteiger partial charge in [-0.05, 0) is 12.8 Å². The van der Waals surface area contributed by atoms with E-state index in [1.807, 2.05) is 6.92 Å². The highest BCUT2D eigenvalue weighted by molar-refractivity contribution is 6.60. The molecular weight excluding hydrogens is 228 g/mol. The first-order chi connectivity index (χ1) is 7.64. The monoisotopic (exact) mass is 250 g/mol. The largest absolute Gasteiger partial charge is 0.500 e. The molecule has 0 aliphatic rings. The van der Waals surface area contributed by atoms with E-state index in [0.717, 1.165) is 6.42 Å². The molecule has 0 amide bonds. The summed E-state index contributed by atoms with van der Waals surface area (Å²) in [4.78, 5) is 11.1. The van der Waals surface area contributed by atoms with E-state index < -0.39 is 8.80 Å². The third kappa shape index (κ3) is 5.60. The number of rotatable bonds is 9. The first-order valence-corrected chi connectivity index (χ1v) is 7.38. The number of hydrogen-bond donors (Lipinski definition) is 0. The van der Waals surface area contributed by atoms with E-state index in [4.69, 9.17) is 18.0 Å². The van der Waals surface area contributed by atoms with Crippen LogP contribution in [0, 0.1) is 0 Å². The fourth-order valence-electron chi connectivity index (χ4n) is 1.31. The zero-order valence-corrected chi connectivity index (χ0v) is 11.6. The maximum absolute atomic E-state index is 11.1. The summed E-state index contributed by atoms with van der Waals surface area (Å²) in [6.45, 7) is 2.34. The number of esters is 1. The van der Waals surface area contributed by atoms with Gasteiger partial charge in [-0.25, -0.2) is 0 Å². The molecule has 5 nitrogen and oxygen atoms in total. The molecule has 0 saturated heterocycles. The molecule has 0 aromatic heterocycles. The van der Waals surface area contributed by atoms with Crippen LogP contribution in [-0.2, 0) is 22.8 Å². The smallest absolute Gasteiger partial charge is 0.466 e. The van der Waals surface area contributed by atoms with E-state index in [2.05, 4.69) is 0 Å². The van der Waals surface area contributed by atoms with Gasteiger partial charge in [-0.1, -0.05) is 6.92 Å². The Morgan fingerprint density at radius 3 is 2.12 bits per heavy atom. The highest BCUT2D eigenvalue weighted by Gasteiger charge is 2.36. The van der Waals surface area contributed by atoms with Gasteiger partial charge in [0.1, 0.15) is 0 Å². The molecule has 0 saturated carbocycles. The van der Waals surface area contributed by atoms with Gasteiger partial charge in [-0.2, -0.15) is 0 Å². The second kappa shape index (κ2) is 8.69. The average molecular weight is 250 g/mol. The van der Waals surface area contributed by atoms with Crippen LogP contribution < -0.4 is 0 Å². The molecule has 0 aromatic carbocycles. The zero-order chi connectivity index (χ0) is 12.4. The fourth-order valence-corrected chi connectivity index (χ4v) is 3.00. The van der Waals surface area contributed by atoms with E-state index in [0.29, 0.717) is 25.5 Å². The van der Waals surface area contributed by atoms with Crippen molar-refractivity contribution in [2.75, 3.05) is 27.9 Å². The Bertz CT molecular complexity index is 185. The van der Waals surface area contributed by atoms with Gasteiger partial charge in [0.15, 0.2) is 0 Å². The maximum atomic E-state index is 11.1. The van der Waals surface area contributed by atoms with Gasteiger partial charge in [0, 0.05) is 33.8 Å². The summed E-state index contributed by atoms with van der Waals surface area (Å²) in [5.74, 6) is -0.151. The Balaban J connectivity index is 3.74. The molecular formula is C10H22O5Si. The van der Waals surface area contributed by atoms with Crippen LogP contribution in [-0.4, -0.2) is 42.7 Å². The van der Waals surface area contributed by atoms with Gasteiger partial charge >= 0.3 is 14.8 Å². The number of ether oxygens (including phenoxy) is 1. The van der Waals surface area contributed by atoms with Crippen molar-refractivity contribution in [3.05, 3.63) is 0 Å². The van der Waals surface area contributed by atoms with Gasteiger partial charge in [0.25, 0.3) is 0 Å². The highest BCUT2D eigenvalue weighted by Crippen LogP contribution is 2.14. The first kappa shape index (κ1) is 15.6. The molecule has 0 fully saturated rings. The van der Waals surface area contributed by atoms with Crippen LogP contribution in [0.25, 0.3) is 0 Å². The lowest BCUT2D eigenvalue weighted by molar-refractivity contribution is -0.143. The molecule has 0 aliphatic carbocycles. The Kier molecular flexibility index (Phi) is 8.45. The lowest BCUT2D eigenvalue weighted by Gasteiger charge is -2.24. The van der Waals surface area contributed by atoms with Crippen molar-refractivity contribution in [3.63, 3.8) is 0 Å². The molecule has 0 atom stereocenters. The SMILES string of the molecule is CCCC(=O)OCCC[Si](OC)(OC)OC. The molecule has 0 heterocycles. The predicted octanol–water partition coefficient (Wildman–Crippen LogP) is 1.60. The van der Waals surface area contributed by atoms with Crippen molar-refractivity contribution in [3.8, 4) is 0 Å². The second-order valence-corrected chi connectivity index (χ2v) is 6.46. The topological polar surface area (TPSA) is 54.0 Å². The van der Waals surface area contributed by atoms with Crippen molar-refractivity contribution in [2.45, 2.75) is 32.2 Å². The molecule has 0 spiro atoms. The summed E-state index contributed by atoms with van der Waals surface area (Å²) in [5.41, 5.74) is 0. The molecule has 0 aliphatic heterocycles. The summed E-state index contributed by atoms with van der Waals surface area (Å²) in [6.07, 6.45) is 1.98. The minimum Gasteiger partial charge on any atom is -0.466 e. The maximum Gasteiger partial charge on any atom is 0.500 e. The van der Waals surface area contributed by atoms with Crippen LogP contribution in [0.15, 0.2) is 0 Å². The first-order valence-electron chi connectivity index (χ1n) is 5.45. The molecule has 96 valence electrons. The van der Waals surface area contributed by atoms with E-state index in [1.165, 1.54) is 0 Å². The van der Waals surface area contributed by atoms with Crippen LogP contribution in [0.5, 0.6) is 0 Å². The number of carbonyl (C=O) groups is 1. The van der Waals surface area contributed by atoms with Crippen molar-refractivity contribution < 1.29 is 22.8 Å². The summed E-state index contributed by atoms with van der Waals surface area (Å²) < 4.78 is 20.8. The number of hydrogen-bond acceptors (Lipinski definition) is 5. The molecule has 0 radical (unpaired) electrons. The number of carbonyl (C=O) groups excluding carboxylic acids is 1. The predicted molar refractivity (Wildman–Crippen MR) is 62.1 cm³/mol. The Hall–Kier alpha value is -0.433. The van der Waals surface area contributed by atoms with Crippen LogP contribution in [0.2, 0.25) is 6.04 Å². The molecule has 0 aromatic rings. The normalized spacial score (nSPS) is 11.5. The summed E-state index contributed by atoms with van der Waals surface area (Å²) in [6, 6.07) is 0.649. The van der Waals surface area contributed by atoms with Gasteiger partial charge in [0.05, 0.1) is 6.61 Å². The van der Waals surface area contributed by atoms with Crippen LogP contribution in [0.3, 0.4) is 0 Å². The van der Waals surface area contributed by atoms with Gasteiger partial charge < -0.3 is 18.0 Å². The van der Waals surface area contributed by atoms with Crippen LogP contribution in [0.4, 0.5) is 0 Å². The molecule has 6 heteroatoms. The lowest BCUT2D eigenvalue weighted by Crippen LogP contribution is -2.42. The van der Waals surface area contributed by atoms with Gasteiger partial charge in [-0.3, -0.25) is 4.79 Å². The summed E-state index contributed by atoms with van der Waals surface area (Å²) in [5, 5.41) is 0. The van der Waals surface area contributed by atoms with Crippen molar-refractivity contribution in [1.82, 2.24) is 0 Å². The van der Waals surface area contributed by atoms with E-state index in [1.54, 1.807) is 21.3 Å². The zero-order valence-electron chi connectivity index (χ0n) is 10.6. The third-order valence-corrected chi connectivity index (χ3v) is 5.11.